The van der Waals surface area contributed by atoms with Crippen LogP contribution in [0.25, 0.3) is 11.4 Å². The van der Waals surface area contributed by atoms with Crippen LogP contribution in [0.2, 0.25) is 0 Å². The Morgan fingerprint density at radius 1 is 0.902 bits per heavy atom. The van der Waals surface area contributed by atoms with E-state index in [2.05, 4.69) is 67.3 Å². The van der Waals surface area contributed by atoms with Crippen molar-refractivity contribution in [3.8, 4) is 17.3 Å². The van der Waals surface area contributed by atoms with E-state index in [4.69, 9.17) is 9.73 Å². The molecular formula is C39H45N9O3. The summed E-state index contributed by atoms with van der Waals surface area (Å²) in [5.74, 6) is 1.63. The topological polar surface area (TPSA) is 112 Å². The molecule has 1 spiro atoms. The number of likely N-dealkylation sites (tertiary alicyclic amines) is 1. The number of aliphatic imine (C=N–C) groups is 1. The lowest BCUT2D eigenvalue weighted by Gasteiger charge is -2.40. The largest absolute Gasteiger partial charge is 0.475 e. The summed E-state index contributed by atoms with van der Waals surface area (Å²) in [5, 5.41) is 4.39. The number of fused-ring (bicyclic) bond motifs is 1. The number of hydrogen-bond acceptors (Lipinski definition) is 9. The molecule has 0 unspecified atom stereocenters. The number of benzene rings is 2. The summed E-state index contributed by atoms with van der Waals surface area (Å²) in [6, 6.07) is 18.5. The Morgan fingerprint density at radius 2 is 1.69 bits per heavy atom. The molecule has 264 valence electrons. The lowest BCUT2D eigenvalue weighted by atomic mass is 9.78. The predicted octanol–water partition coefficient (Wildman–Crippen LogP) is 4.18. The van der Waals surface area contributed by atoms with Gasteiger partial charge in [0.2, 0.25) is 17.7 Å². The van der Waals surface area contributed by atoms with Crippen LogP contribution >= 0.6 is 0 Å². The number of hydrogen-bond donors (Lipinski definition) is 0. The van der Waals surface area contributed by atoms with Crippen molar-refractivity contribution in [2.24, 2.45) is 17.5 Å². The summed E-state index contributed by atoms with van der Waals surface area (Å²) in [7, 11) is 1.86. The van der Waals surface area contributed by atoms with Crippen molar-refractivity contribution in [2.45, 2.75) is 45.8 Å². The van der Waals surface area contributed by atoms with Gasteiger partial charge in [-0.2, -0.15) is 5.10 Å². The van der Waals surface area contributed by atoms with Gasteiger partial charge in [-0.1, -0.05) is 6.07 Å². The third-order valence-corrected chi connectivity index (χ3v) is 10.7. The van der Waals surface area contributed by atoms with Crippen LogP contribution in [0, 0.1) is 5.41 Å². The molecular weight excluding hydrogens is 642 g/mol. The molecule has 4 aliphatic rings. The van der Waals surface area contributed by atoms with Crippen LogP contribution in [0.5, 0.6) is 5.88 Å². The van der Waals surface area contributed by atoms with E-state index in [1.165, 1.54) is 0 Å². The fraction of sp³-hybridized carbons (Fsp3) is 0.436. The number of piperidine rings is 1. The van der Waals surface area contributed by atoms with Crippen LogP contribution < -0.4 is 14.5 Å². The Morgan fingerprint density at radius 3 is 2.41 bits per heavy atom. The number of aryl methyl sites for hydroxylation is 1. The summed E-state index contributed by atoms with van der Waals surface area (Å²) >= 11 is 0. The average molecular weight is 688 g/mol. The smallest absolute Gasteiger partial charge is 0.236 e. The fourth-order valence-corrected chi connectivity index (χ4v) is 8.02. The van der Waals surface area contributed by atoms with Crippen molar-refractivity contribution in [3.05, 3.63) is 83.8 Å². The Kier molecular flexibility index (Phi) is 8.79. The predicted molar refractivity (Wildman–Crippen MR) is 196 cm³/mol. The Balaban J connectivity index is 0.873. The van der Waals surface area contributed by atoms with Crippen molar-refractivity contribution in [2.75, 3.05) is 62.2 Å². The number of pyridine rings is 1. The Labute approximate surface area is 298 Å². The van der Waals surface area contributed by atoms with Crippen LogP contribution in [0.1, 0.15) is 49.8 Å². The maximum atomic E-state index is 14.2. The van der Waals surface area contributed by atoms with Gasteiger partial charge in [-0.15, -0.1) is 0 Å². The van der Waals surface area contributed by atoms with Gasteiger partial charge in [0.1, 0.15) is 6.33 Å². The first-order valence-corrected chi connectivity index (χ1v) is 18.1. The Bertz CT molecular complexity index is 1950. The molecule has 0 bridgehead atoms. The molecule has 0 N–H and O–H groups in total. The van der Waals surface area contributed by atoms with E-state index >= 15 is 0 Å². The third-order valence-electron chi connectivity index (χ3n) is 10.7. The van der Waals surface area contributed by atoms with Crippen LogP contribution in [0.4, 0.5) is 11.4 Å². The fourth-order valence-electron chi connectivity index (χ4n) is 8.02. The van der Waals surface area contributed by atoms with E-state index in [1.54, 1.807) is 11.0 Å². The minimum absolute atomic E-state index is 0.0576. The number of piperazine rings is 1. The van der Waals surface area contributed by atoms with Crippen molar-refractivity contribution >= 4 is 28.9 Å². The number of anilines is 2. The average Bonchev–Trinajstić information content (AvgIpc) is 3.85. The zero-order chi connectivity index (χ0) is 35.1. The molecule has 2 amide bonds. The highest BCUT2D eigenvalue weighted by Crippen LogP contribution is 2.42. The van der Waals surface area contributed by atoms with Gasteiger partial charge in [0.15, 0.2) is 5.82 Å². The van der Waals surface area contributed by atoms with Crippen molar-refractivity contribution in [1.29, 1.82) is 0 Å². The zero-order valence-electron chi connectivity index (χ0n) is 29.7. The second-order valence-corrected chi connectivity index (χ2v) is 14.5. The third kappa shape index (κ3) is 6.60. The van der Waals surface area contributed by atoms with E-state index in [0.29, 0.717) is 51.0 Å². The summed E-state index contributed by atoms with van der Waals surface area (Å²) in [4.78, 5) is 49.9. The van der Waals surface area contributed by atoms with Crippen LogP contribution in [0.3, 0.4) is 0 Å². The van der Waals surface area contributed by atoms with Crippen molar-refractivity contribution < 1.29 is 14.3 Å². The molecule has 3 saturated heterocycles. The van der Waals surface area contributed by atoms with Gasteiger partial charge in [0, 0.05) is 86.6 Å². The first kappa shape index (κ1) is 33.1. The van der Waals surface area contributed by atoms with E-state index in [-0.39, 0.29) is 17.9 Å². The number of carbonyl (C=O) groups excluding carboxylic acids is 2. The molecule has 8 rings (SSSR count). The molecule has 3 fully saturated rings. The zero-order valence-corrected chi connectivity index (χ0v) is 29.7. The summed E-state index contributed by atoms with van der Waals surface area (Å²) in [6.45, 7) is 10.0. The lowest BCUT2D eigenvalue weighted by molar-refractivity contribution is -0.136. The van der Waals surface area contributed by atoms with Gasteiger partial charge in [0.05, 0.1) is 30.3 Å². The summed E-state index contributed by atoms with van der Waals surface area (Å²) in [6.07, 6.45) is 6.14. The van der Waals surface area contributed by atoms with E-state index in [0.717, 1.165) is 78.2 Å². The standard InChI is InChI=1S/C39H45N9O3/c1-27(2)51-34-12-8-30(23-40-34)36-33-21-32(11-7-29(33)22-41-36)48-16-14-39(38(48)50)13-4-15-45(25-39)24-35(49)47-19-17-46(18-20-47)31-9-5-28(6-10-31)37-42-26-44(3)43-37/h5-12,21,23,26-27H,4,13-20,22,24-25H2,1-3H3/t39-/m0/s1. The van der Waals surface area contributed by atoms with E-state index < -0.39 is 5.41 Å². The summed E-state index contributed by atoms with van der Waals surface area (Å²) < 4.78 is 7.42. The van der Waals surface area contributed by atoms with Crippen molar-refractivity contribution in [3.63, 3.8) is 0 Å². The number of carbonyl (C=O) groups is 2. The number of ether oxygens (including phenoxy) is 1. The lowest BCUT2D eigenvalue weighted by Crippen LogP contribution is -2.54. The highest BCUT2D eigenvalue weighted by atomic mass is 16.5. The molecule has 0 aliphatic carbocycles. The molecule has 2 aromatic heterocycles. The van der Waals surface area contributed by atoms with Crippen LogP contribution in [0.15, 0.2) is 72.1 Å². The molecule has 12 nitrogen and oxygen atoms in total. The quantitative estimate of drug-likeness (QED) is 0.271. The molecule has 12 heteroatoms. The minimum Gasteiger partial charge on any atom is -0.475 e. The Hall–Kier alpha value is -5.10. The molecule has 1 atom stereocenters. The van der Waals surface area contributed by atoms with Crippen LogP contribution in [-0.2, 0) is 23.2 Å². The second kappa shape index (κ2) is 13.6. The number of amides is 2. The maximum Gasteiger partial charge on any atom is 0.236 e. The van der Waals surface area contributed by atoms with E-state index in [9.17, 15) is 9.59 Å². The van der Waals surface area contributed by atoms with E-state index in [1.807, 2.05) is 49.0 Å². The molecule has 2 aromatic carbocycles. The maximum absolute atomic E-state index is 14.2. The molecule has 6 heterocycles. The SMILES string of the molecule is CC(C)Oc1ccc(C2=NCc3ccc(N4CC[C@]5(CCCN(CC(=O)N6CCN(c7ccc(-c8ncn(C)n8)cc7)CC6)C5)C4=O)cc32)cn1. The minimum atomic E-state index is -0.458. The molecule has 0 saturated carbocycles. The first-order valence-electron chi connectivity index (χ1n) is 18.1. The van der Waals surface area contributed by atoms with Gasteiger partial charge in [-0.3, -0.25) is 24.2 Å². The molecule has 51 heavy (non-hydrogen) atoms. The normalized spacial score (nSPS) is 20.7. The van der Waals surface area contributed by atoms with Crippen molar-refractivity contribution in [1.82, 2.24) is 29.5 Å². The number of aromatic nitrogens is 4. The highest BCUT2D eigenvalue weighted by Gasteiger charge is 2.49. The van der Waals surface area contributed by atoms with Gasteiger partial charge >= 0.3 is 0 Å². The highest BCUT2D eigenvalue weighted by molar-refractivity contribution is 6.16. The van der Waals surface area contributed by atoms with Gasteiger partial charge in [0.25, 0.3) is 0 Å². The molecule has 0 radical (unpaired) electrons. The number of rotatable bonds is 8. The monoisotopic (exact) mass is 687 g/mol. The molecule has 4 aliphatic heterocycles. The molecule has 4 aromatic rings. The number of nitrogens with zero attached hydrogens (tertiary/aromatic N) is 9. The summed E-state index contributed by atoms with van der Waals surface area (Å²) in [5.41, 5.74) is 6.61. The van der Waals surface area contributed by atoms with Crippen LogP contribution in [-0.4, -0.2) is 106 Å². The van der Waals surface area contributed by atoms with Gasteiger partial charge in [-0.25, -0.2) is 9.97 Å². The van der Waals surface area contributed by atoms with Gasteiger partial charge < -0.3 is 19.4 Å². The second-order valence-electron chi connectivity index (χ2n) is 14.5. The first-order chi connectivity index (χ1) is 24.7. The van der Waals surface area contributed by atoms with Gasteiger partial charge in [-0.05, 0) is 87.7 Å².